The summed E-state index contributed by atoms with van der Waals surface area (Å²) in [4.78, 5) is 15.9. The van der Waals surface area contributed by atoms with Crippen molar-refractivity contribution in [3.63, 3.8) is 0 Å². The number of anilines is 1. The van der Waals surface area contributed by atoms with E-state index in [9.17, 15) is 26.4 Å². The molecule has 0 radical (unpaired) electrons. The Bertz CT molecular complexity index is 1530. The molecular weight excluding hydrogens is 549 g/mol. The van der Waals surface area contributed by atoms with Gasteiger partial charge in [-0.1, -0.05) is 12.1 Å². The lowest BCUT2D eigenvalue weighted by molar-refractivity contribution is -0.137. The number of amides is 1. The van der Waals surface area contributed by atoms with Crippen LogP contribution < -0.4 is 9.08 Å². The van der Waals surface area contributed by atoms with Crippen LogP contribution in [0.4, 0.5) is 18.9 Å². The second kappa shape index (κ2) is 11.9. The van der Waals surface area contributed by atoms with Gasteiger partial charge < -0.3 is 22.8 Å². The van der Waals surface area contributed by atoms with Gasteiger partial charge in [0.25, 0.3) is 5.91 Å². The first-order chi connectivity index (χ1) is 19.0. The average molecular weight is 577 g/mol. The van der Waals surface area contributed by atoms with E-state index >= 15 is 0 Å². The Hall–Kier alpha value is -4.19. The van der Waals surface area contributed by atoms with Crippen LogP contribution in [0.1, 0.15) is 41.3 Å². The quantitative estimate of drug-likeness (QED) is 0.192. The average Bonchev–Trinajstić information content (AvgIpc) is 3.64. The summed E-state index contributed by atoms with van der Waals surface area (Å²) in [5, 5.41) is 0. The molecule has 4 aromatic rings. The summed E-state index contributed by atoms with van der Waals surface area (Å²) in [6.45, 7) is 4.97. The van der Waals surface area contributed by atoms with Gasteiger partial charge in [-0.2, -0.15) is 21.6 Å². The number of carbonyl (C=O) groups is 1. The number of halogens is 3. The van der Waals surface area contributed by atoms with Crippen molar-refractivity contribution in [1.82, 2.24) is 4.90 Å². The molecule has 2 heterocycles. The van der Waals surface area contributed by atoms with Crippen molar-refractivity contribution in [3.8, 4) is 5.75 Å². The Morgan fingerprint density at radius 1 is 0.900 bits per heavy atom. The molecule has 8 nitrogen and oxygen atoms in total. The maximum absolute atomic E-state index is 13.3. The van der Waals surface area contributed by atoms with E-state index in [1.54, 1.807) is 30.3 Å². The highest BCUT2D eigenvalue weighted by Gasteiger charge is 2.32. The van der Waals surface area contributed by atoms with Gasteiger partial charge in [-0.25, -0.2) is 0 Å². The van der Waals surface area contributed by atoms with Crippen LogP contribution >= 0.6 is 0 Å². The lowest BCUT2D eigenvalue weighted by atomic mass is 10.1. The zero-order valence-electron chi connectivity index (χ0n) is 21.7. The zero-order valence-corrected chi connectivity index (χ0v) is 22.5. The minimum Gasteiger partial charge on any atom is -0.467 e. The summed E-state index contributed by atoms with van der Waals surface area (Å²) in [6, 6.07) is 14.6. The molecule has 0 fully saturated rings. The fourth-order valence-corrected chi connectivity index (χ4v) is 5.09. The van der Waals surface area contributed by atoms with E-state index in [4.69, 9.17) is 13.0 Å². The molecular formula is C28H27F3N2O6S. The van der Waals surface area contributed by atoms with Crippen molar-refractivity contribution < 1.29 is 39.4 Å². The molecule has 212 valence electrons. The van der Waals surface area contributed by atoms with Gasteiger partial charge in [0.1, 0.15) is 16.4 Å². The van der Waals surface area contributed by atoms with Gasteiger partial charge in [-0.3, -0.25) is 4.79 Å². The second-order valence-corrected chi connectivity index (χ2v) is 10.3. The number of nitrogens with zero attached hydrogens (tertiary/aromatic N) is 2. The molecule has 0 aliphatic heterocycles. The number of rotatable bonds is 11. The van der Waals surface area contributed by atoms with E-state index in [0.29, 0.717) is 36.2 Å². The van der Waals surface area contributed by atoms with E-state index < -0.39 is 32.7 Å². The van der Waals surface area contributed by atoms with Crippen LogP contribution in [0.2, 0.25) is 0 Å². The topological polar surface area (TPSA) is 93.2 Å². The van der Waals surface area contributed by atoms with Gasteiger partial charge in [-0.15, -0.1) is 0 Å². The number of furan rings is 2. The van der Waals surface area contributed by atoms with Crippen molar-refractivity contribution in [2.24, 2.45) is 0 Å². The Morgan fingerprint density at radius 3 is 2.25 bits per heavy atom. The smallest absolute Gasteiger partial charge is 0.416 e. The minimum atomic E-state index is -4.74. The van der Waals surface area contributed by atoms with Crippen LogP contribution in [-0.2, 0) is 29.4 Å². The molecule has 2 aromatic heterocycles. The van der Waals surface area contributed by atoms with Crippen molar-refractivity contribution in [1.29, 1.82) is 0 Å². The summed E-state index contributed by atoms with van der Waals surface area (Å²) >= 11 is 0. The standard InChI is InChI=1S/C28H27F3N2O6S/c1-3-32(4-2)22-13-12-20(18-33(19-23-9-6-14-37-23)27(34)25-11-7-15-38-25)26(17-22)39-40(35,36)24-10-5-8-21(16-24)28(29,30)31/h5-17H,3-4,18-19H2,1-2H3. The monoisotopic (exact) mass is 576 g/mol. The maximum Gasteiger partial charge on any atom is 0.416 e. The van der Waals surface area contributed by atoms with Crippen LogP contribution in [0.3, 0.4) is 0 Å². The summed E-state index contributed by atoms with van der Waals surface area (Å²) in [7, 11) is -4.68. The van der Waals surface area contributed by atoms with Crippen molar-refractivity contribution in [2.45, 2.75) is 38.0 Å². The van der Waals surface area contributed by atoms with Crippen molar-refractivity contribution in [3.05, 3.63) is 102 Å². The van der Waals surface area contributed by atoms with Crippen LogP contribution in [0, 0.1) is 0 Å². The number of benzene rings is 2. The van der Waals surface area contributed by atoms with Crippen LogP contribution in [0.15, 0.2) is 93.0 Å². The lowest BCUT2D eigenvalue weighted by Crippen LogP contribution is -2.30. The molecule has 0 unspecified atom stereocenters. The molecule has 0 N–H and O–H groups in total. The third-order valence-electron chi connectivity index (χ3n) is 6.14. The minimum absolute atomic E-state index is 0.0319. The molecule has 0 saturated heterocycles. The first-order valence-corrected chi connectivity index (χ1v) is 13.8. The summed E-state index contributed by atoms with van der Waals surface area (Å²) in [5.41, 5.74) is -0.182. The van der Waals surface area contributed by atoms with Gasteiger partial charge in [0.05, 0.1) is 31.2 Å². The molecule has 0 spiro atoms. The Morgan fingerprint density at radius 2 is 1.62 bits per heavy atom. The van der Waals surface area contributed by atoms with Crippen molar-refractivity contribution in [2.75, 3.05) is 18.0 Å². The van der Waals surface area contributed by atoms with E-state index in [2.05, 4.69) is 0 Å². The molecule has 12 heteroatoms. The van der Waals surface area contributed by atoms with E-state index in [-0.39, 0.29) is 24.6 Å². The van der Waals surface area contributed by atoms with Crippen LogP contribution in [0.5, 0.6) is 5.75 Å². The Balaban J connectivity index is 1.74. The third kappa shape index (κ3) is 6.68. The van der Waals surface area contributed by atoms with Crippen molar-refractivity contribution >= 4 is 21.7 Å². The summed E-state index contributed by atoms with van der Waals surface area (Å²) in [5.74, 6) is -0.0801. The molecule has 2 aromatic carbocycles. The molecule has 4 rings (SSSR count). The fourth-order valence-electron chi connectivity index (χ4n) is 4.08. The van der Waals surface area contributed by atoms with E-state index in [0.717, 1.165) is 18.2 Å². The Labute approximate surface area is 229 Å². The largest absolute Gasteiger partial charge is 0.467 e. The predicted octanol–water partition coefficient (Wildman–Crippen LogP) is 6.35. The summed E-state index contributed by atoms with van der Waals surface area (Å²) in [6.07, 6.45) is -1.93. The zero-order chi connectivity index (χ0) is 28.9. The first-order valence-electron chi connectivity index (χ1n) is 12.4. The molecule has 0 saturated carbocycles. The lowest BCUT2D eigenvalue weighted by Gasteiger charge is -2.25. The molecule has 0 atom stereocenters. The number of carbonyl (C=O) groups excluding carboxylic acids is 1. The number of alkyl halides is 3. The molecule has 0 aliphatic carbocycles. The highest BCUT2D eigenvalue weighted by Crippen LogP contribution is 2.33. The van der Waals surface area contributed by atoms with Gasteiger partial charge in [0.2, 0.25) is 0 Å². The second-order valence-electron chi connectivity index (χ2n) is 8.75. The van der Waals surface area contributed by atoms with Gasteiger partial charge in [0.15, 0.2) is 5.76 Å². The summed E-state index contributed by atoms with van der Waals surface area (Å²) < 4.78 is 82.3. The number of hydrogen-bond acceptors (Lipinski definition) is 7. The number of hydrogen-bond donors (Lipinski definition) is 0. The van der Waals surface area contributed by atoms with Gasteiger partial charge in [-0.05, 0) is 62.4 Å². The molecule has 0 aliphatic rings. The fraction of sp³-hybridized carbons (Fsp3) is 0.250. The molecule has 1 amide bonds. The van der Waals surface area contributed by atoms with Gasteiger partial charge >= 0.3 is 16.3 Å². The van der Waals surface area contributed by atoms with Crippen LogP contribution in [0.25, 0.3) is 0 Å². The molecule has 0 bridgehead atoms. The third-order valence-corrected chi connectivity index (χ3v) is 7.37. The normalized spacial score (nSPS) is 11.8. The maximum atomic E-state index is 13.3. The van der Waals surface area contributed by atoms with Gasteiger partial charge in [0, 0.05) is 30.4 Å². The first kappa shape index (κ1) is 28.8. The van der Waals surface area contributed by atoms with E-state index in [1.807, 2.05) is 18.7 Å². The van der Waals surface area contributed by atoms with Crippen LogP contribution in [-0.4, -0.2) is 32.3 Å². The predicted molar refractivity (Wildman–Crippen MR) is 140 cm³/mol. The molecule has 40 heavy (non-hydrogen) atoms. The highest BCUT2D eigenvalue weighted by molar-refractivity contribution is 7.87. The highest BCUT2D eigenvalue weighted by atomic mass is 32.2. The van der Waals surface area contributed by atoms with E-state index in [1.165, 1.54) is 29.6 Å². The SMILES string of the molecule is CCN(CC)c1ccc(CN(Cc2ccco2)C(=O)c2ccco2)c(OS(=O)(=O)c2cccc(C(F)(F)F)c2)c1. The Kier molecular flexibility index (Phi) is 8.58.